The number of ether oxygens (including phenoxy) is 3. The molecular weight excluding hydrogens is 408 g/mol. The third kappa shape index (κ3) is 5.34. The van der Waals surface area contributed by atoms with Crippen LogP contribution in [0.2, 0.25) is 0 Å². The Labute approximate surface area is 193 Å². The minimum Gasteiger partial charge on any atom is -0.489 e. The number of hydrogen-bond acceptors (Lipinski definition) is 3. The van der Waals surface area contributed by atoms with E-state index in [4.69, 9.17) is 14.2 Å². The lowest BCUT2D eigenvalue weighted by Crippen LogP contribution is -1.98. The van der Waals surface area contributed by atoms with E-state index >= 15 is 0 Å². The number of hydrogen-bond donors (Lipinski definition) is 0. The molecule has 0 aliphatic carbocycles. The molecule has 3 nitrogen and oxygen atoms in total. The summed E-state index contributed by atoms with van der Waals surface area (Å²) >= 11 is 0. The van der Waals surface area contributed by atoms with Crippen molar-refractivity contribution in [2.45, 2.75) is 13.2 Å². The summed E-state index contributed by atoms with van der Waals surface area (Å²) in [6.45, 7) is 0.987. The highest BCUT2D eigenvalue weighted by atomic mass is 16.5. The van der Waals surface area contributed by atoms with Gasteiger partial charge in [-0.1, -0.05) is 84.9 Å². The van der Waals surface area contributed by atoms with Crippen LogP contribution in [-0.2, 0) is 13.2 Å². The molecule has 0 amide bonds. The third-order valence-corrected chi connectivity index (χ3v) is 5.33. The van der Waals surface area contributed by atoms with Crippen molar-refractivity contribution >= 4 is 10.8 Å². The van der Waals surface area contributed by atoms with Crippen LogP contribution in [0.25, 0.3) is 10.8 Å². The van der Waals surface area contributed by atoms with Gasteiger partial charge in [0.1, 0.15) is 24.7 Å². The van der Waals surface area contributed by atoms with Crippen molar-refractivity contribution in [1.82, 2.24) is 0 Å². The molecule has 3 heteroatoms. The Balaban J connectivity index is 1.43. The Morgan fingerprint density at radius 1 is 0.424 bits per heavy atom. The van der Waals surface area contributed by atoms with Crippen molar-refractivity contribution in [2.75, 3.05) is 0 Å². The molecule has 0 heterocycles. The molecule has 0 unspecified atom stereocenters. The predicted molar refractivity (Wildman–Crippen MR) is 132 cm³/mol. The van der Waals surface area contributed by atoms with Crippen molar-refractivity contribution in [3.8, 4) is 23.0 Å². The van der Waals surface area contributed by atoms with E-state index in [0.717, 1.165) is 33.4 Å². The van der Waals surface area contributed by atoms with E-state index < -0.39 is 0 Å². The first kappa shape index (κ1) is 20.7. The van der Waals surface area contributed by atoms with Crippen molar-refractivity contribution in [2.24, 2.45) is 0 Å². The highest BCUT2D eigenvalue weighted by molar-refractivity contribution is 5.87. The van der Waals surface area contributed by atoms with Crippen LogP contribution in [0.4, 0.5) is 0 Å². The fourth-order valence-corrected chi connectivity index (χ4v) is 3.61. The average Bonchev–Trinajstić information content (AvgIpc) is 2.88. The largest absolute Gasteiger partial charge is 0.489 e. The van der Waals surface area contributed by atoms with Crippen LogP contribution in [0.15, 0.2) is 121 Å². The van der Waals surface area contributed by atoms with Crippen molar-refractivity contribution in [1.29, 1.82) is 0 Å². The molecule has 33 heavy (non-hydrogen) atoms. The Morgan fingerprint density at radius 3 is 1.67 bits per heavy atom. The minimum absolute atomic E-state index is 0.460. The van der Waals surface area contributed by atoms with E-state index in [-0.39, 0.29) is 0 Å². The lowest BCUT2D eigenvalue weighted by atomic mass is 10.1. The number of benzene rings is 5. The van der Waals surface area contributed by atoms with Crippen LogP contribution in [-0.4, -0.2) is 0 Å². The molecular formula is C30H24O3. The summed E-state index contributed by atoms with van der Waals surface area (Å²) < 4.78 is 18.4. The molecule has 0 aliphatic heterocycles. The molecule has 0 aromatic heterocycles. The number of fused-ring (bicyclic) bond motifs is 1. The van der Waals surface area contributed by atoms with E-state index in [1.165, 1.54) is 0 Å². The molecule has 0 bridgehead atoms. The SMILES string of the molecule is c1ccc(COc2ccc3cc(Oc4ccccc4)c(OCc4ccccc4)cc3c2)cc1. The second kappa shape index (κ2) is 9.92. The Bertz CT molecular complexity index is 1320. The van der Waals surface area contributed by atoms with Gasteiger partial charge in [0.05, 0.1) is 0 Å². The average molecular weight is 433 g/mol. The molecule has 0 N–H and O–H groups in total. The van der Waals surface area contributed by atoms with Crippen molar-refractivity contribution < 1.29 is 14.2 Å². The fraction of sp³-hybridized carbons (Fsp3) is 0.0667. The van der Waals surface area contributed by atoms with Gasteiger partial charge in [0.2, 0.25) is 0 Å². The van der Waals surface area contributed by atoms with Gasteiger partial charge < -0.3 is 14.2 Å². The molecule has 0 saturated heterocycles. The Hall–Kier alpha value is -4.24. The molecule has 162 valence electrons. The maximum atomic E-state index is 6.21. The second-order valence-electron chi connectivity index (χ2n) is 7.77. The van der Waals surface area contributed by atoms with Crippen molar-refractivity contribution in [3.05, 3.63) is 132 Å². The maximum absolute atomic E-state index is 6.21. The lowest BCUT2D eigenvalue weighted by Gasteiger charge is -2.15. The quantitative estimate of drug-likeness (QED) is 0.250. The van der Waals surface area contributed by atoms with E-state index in [1.54, 1.807) is 0 Å². The highest BCUT2D eigenvalue weighted by Gasteiger charge is 2.11. The van der Waals surface area contributed by atoms with Crippen LogP contribution >= 0.6 is 0 Å². The highest BCUT2D eigenvalue weighted by Crippen LogP contribution is 2.37. The van der Waals surface area contributed by atoms with Gasteiger partial charge in [-0.05, 0) is 58.3 Å². The van der Waals surface area contributed by atoms with Gasteiger partial charge in [0, 0.05) is 0 Å². The van der Waals surface area contributed by atoms with Gasteiger partial charge in [-0.3, -0.25) is 0 Å². The first-order valence-corrected chi connectivity index (χ1v) is 11.0. The van der Waals surface area contributed by atoms with Gasteiger partial charge in [0.25, 0.3) is 0 Å². The molecule has 0 saturated carbocycles. The zero-order valence-corrected chi connectivity index (χ0v) is 18.2. The molecule has 0 spiro atoms. The van der Waals surface area contributed by atoms with Gasteiger partial charge in [-0.25, -0.2) is 0 Å². The molecule has 5 aromatic carbocycles. The van der Waals surface area contributed by atoms with Gasteiger partial charge in [0.15, 0.2) is 11.5 Å². The molecule has 0 aliphatic rings. The second-order valence-corrected chi connectivity index (χ2v) is 7.77. The first-order chi connectivity index (χ1) is 16.3. The van der Waals surface area contributed by atoms with Crippen LogP contribution in [0.3, 0.4) is 0 Å². The molecule has 0 radical (unpaired) electrons. The summed E-state index contributed by atoms with van der Waals surface area (Å²) in [5.74, 6) is 2.96. The van der Waals surface area contributed by atoms with Crippen LogP contribution < -0.4 is 14.2 Å². The third-order valence-electron chi connectivity index (χ3n) is 5.33. The smallest absolute Gasteiger partial charge is 0.169 e. The predicted octanol–water partition coefficient (Wildman–Crippen LogP) is 7.79. The van der Waals surface area contributed by atoms with E-state index in [0.29, 0.717) is 24.7 Å². The standard InChI is InChI=1S/C30H24O3/c1-4-10-23(11-5-1)21-31-28-17-16-25-19-30(33-27-14-8-3-9-15-27)29(20-26(25)18-28)32-22-24-12-6-2-7-13-24/h1-20H,21-22H2. The van der Waals surface area contributed by atoms with E-state index in [2.05, 4.69) is 18.2 Å². The number of para-hydroxylation sites is 1. The zero-order valence-electron chi connectivity index (χ0n) is 18.2. The van der Waals surface area contributed by atoms with Crippen LogP contribution in [0, 0.1) is 0 Å². The van der Waals surface area contributed by atoms with Crippen LogP contribution in [0.1, 0.15) is 11.1 Å². The lowest BCUT2D eigenvalue weighted by molar-refractivity contribution is 0.292. The molecule has 0 fully saturated rings. The van der Waals surface area contributed by atoms with Gasteiger partial charge in [-0.15, -0.1) is 0 Å². The van der Waals surface area contributed by atoms with Crippen molar-refractivity contribution in [3.63, 3.8) is 0 Å². The van der Waals surface area contributed by atoms with E-state index in [9.17, 15) is 0 Å². The molecule has 5 aromatic rings. The summed E-state index contributed by atoms with van der Waals surface area (Å²) in [5, 5.41) is 2.09. The van der Waals surface area contributed by atoms with Gasteiger partial charge in [-0.2, -0.15) is 0 Å². The van der Waals surface area contributed by atoms with Crippen LogP contribution in [0.5, 0.6) is 23.0 Å². The topological polar surface area (TPSA) is 27.7 Å². The normalized spacial score (nSPS) is 10.7. The summed E-state index contributed by atoms with van der Waals surface area (Å²) in [5.41, 5.74) is 2.24. The molecule has 5 rings (SSSR count). The zero-order chi connectivity index (χ0) is 22.3. The maximum Gasteiger partial charge on any atom is 0.169 e. The monoisotopic (exact) mass is 432 g/mol. The fourth-order valence-electron chi connectivity index (χ4n) is 3.61. The number of rotatable bonds is 8. The minimum atomic E-state index is 0.460. The summed E-state index contributed by atoms with van der Waals surface area (Å²) in [6.07, 6.45) is 0. The molecule has 0 atom stereocenters. The summed E-state index contributed by atoms with van der Waals surface area (Å²) in [6, 6.07) is 40.2. The summed E-state index contributed by atoms with van der Waals surface area (Å²) in [7, 11) is 0. The van der Waals surface area contributed by atoms with Gasteiger partial charge >= 0.3 is 0 Å². The Morgan fingerprint density at radius 2 is 1.00 bits per heavy atom. The van der Waals surface area contributed by atoms with E-state index in [1.807, 2.05) is 103 Å². The first-order valence-electron chi connectivity index (χ1n) is 11.0. The summed E-state index contributed by atoms with van der Waals surface area (Å²) in [4.78, 5) is 0. The Kier molecular flexibility index (Phi) is 6.21.